The van der Waals surface area contributed by atoms with Gasteiger partial charge in [0.25, 0.3) is 0 Å². The Morgan fingerprint density at radius 2 is 2.16 bits per heavy atom. The van der Waals surface area contributed by atoms with Crippen molar-refractivity contribution in [3.8, 4) is 5.75 Å². The van der Waals surface area contributed by atoms with Crippen LogP contribution in [0.3, 0.4) is 0 Å². The molecule has 19 heavy (non-hydrogen) atoms. The molecule has 0 saturated heterocycles. The largest absolute Gasteiger partial charge is 0.497 e. The standard InChI is InChI=1S/C16H20N2O/c1-16(7-3-8-16)11-18-15-14-5-4-13(19-2)10-12(14)6-9-17-15/h4-6,9-10H,3,7-8,11H2,1-2H3,(H,17,18). The molecule has 2 aromatic rings. The van der Waals surface area contributed by atoms with Crippen LogP contribution in [0.5, 0.6) is 5.75 Å². The van der Waals surface area contributed by atoms with Crippen LogP contribution in [0, 0.1) is 5.41 Å². The fourth-order valence-electron chi connectivity index (χ4n) is 2.68. The predicted octanol–water partition coefficient (Wildman–Crippen LogP) is 3.85. The van der Waals surface area contributed by atoms with Crippen LogP contribution >= 0.6 is 0 Å². The van der Waals surface area contributed by atoms with Crippen LogP contribution in [0.25, 0.3) is 10.8 Å². The van der Waals surface area contributed by atoms with Crippen molar-refractivity contribution in [1.82, 2.24) is 4.98 Å². The molecule has 1 aliphatic rings. The third-order valence-corrected chi connectivity index (χ3v) is 4.21. The molecule has 1 aromatic carbocycles. The average Bonchev–Trinajstić information content (AvgIpc) is 2.42. The van der Waals surface area contributed by atoms with Crippen molar-refractivity contribution in [3.63, 3.8) is 0 Å². The highest BCUT2D eigenvalue weighted by Crippen LogP contribution is 2.40. The van der Waals surface area contributed by atoms with Gasteiger partial charge in [-0.15, -0.1) is 0 Å². The summed E-state index contributed by atoms with van der Waals surface area (Å²) in [5, 5.41) is 5.84. The summed E-state index contributed by atoms with van der Waals surface area (Å²) in [6.45, 7) is 3.35. The summed E-state index contributed by atoms with van der Waals surface area (Å²) in [7, 11) is 1.69. The summed E-state index contributed by atoms with van der Waals surface area (Å²) in [5.74, 6) is 1.86. The van der Waals surface area contributed by atoms with Crippen molar-refractivity contribution in [2.75, 3.05) is 19.0 Å². The Kier molecular flexibility index (Phi) is 3.05. The molecule has 0 amide bonds. The normalized spacial score (nSPS) is 16.9. The number of nitrogens with one attached hydrogen (secondary N) is 1. The molecular formula is C16H20N2O. The molecule has 0 bridgehead atoms. The molecular weight excluding hydrogens is 236 g/mol. The molecule has 1 aromatic heterocycles. The van der Waals surface area contributed by atoms with Crippen molar-refractivity contribution in [1.29, 1.82) is 0 Å². The number of hydrogen-bond acceptors (Lipinski definition) is 3. The second-order valence-corrected chi connectivity index (χ2v) is 5.76. The maximum Gasteiger partial charge on any atom is 0.133 e. The minimum atomic E-state index is 0.455. The molecule has 0 spiro atoms. The Balaban J connectivity index is 1.86. The minimum absolute atomic E-state index is 0.455. The van der Waals surface area contributed by atoms with E-state index >= 15 is 0 Å². The average molecular weight is 256 g/mol. The number of nitrogens with zero attached hydrogens (tertiary/aromatic N) is 1. The molecule has 1 aliphatic carbocycles. The quantitative estimate of drug-likeness (QED) is 0.902. The maximum atomic E-state index is 5.26. The first-order chi connectivity index (χ1) is 9.20. The highest BCUT2D eigenvalue weighted by Gasteiger charge is 2.31. The Morgan fingerprint density at radius 3 is 2.84 bits per heavy atom. The van der Waals surface area contributed by atoms with Crippen LogP contribution in [0.1, 0.15) is 26.2 Å². The first kappa shape index (κ1) is 12.3. The second kappa shape index (κ2) is 4.72. The first-order valence-electron chi connectivity index (χ1n) is 6.87. The smallest absolute Gasteiger partial charge is 0.133 e. The van der Waals surface area contributed by atoms with Gasteiger partial charge < -0.3 is 10.1 Å². The second-order valence-electron chi connectivity index (χ2n) is 5.76. The third kappa shape index (κ3) is 2.37. The molecule has 100 valence electrons. The van der Waals surface area contributed by atoms with Gasteiger partial charge in [0.05, 0.1) is 7.11 Å². The molecule has 1 heterocycles. The monoisotopic (exact) mass is 256 g/mol. The van der Waals surface area contributed by atoms with Gasteiger partial charge in [0.2, 0.25) is 0 Å². The van der Waals surface area contributed by atoms with E-state index in [1.165, 1.54) is 19.3 Å². The lowest BCUT2D eigenvalue weighted by atomic mass is 9.70. The number of rotatable bonds is 4. The zero-order valence-electron chi connectivity index (χ0n) is 11.6. The number of anilines is 1. The summed E-state index contributed by atoms with van der Waals surface area (Å²) in [4.78, 5) is 4.47. The summed E-state index contributed by atoms with van der Waals surface area (Å²) in [6, 6.07) is 8.13. The van der Waals surface area contributed by atoms with Crippen LogP contribution in [0.4, 0.5) is 5.82 Å². The number of hydrogen-bond donors (Lipinski definition) is 1. The van der Waals surface area contributed by atoms with Gasteiger partial charge in [0.15, 0.2) is 0 Å². The van der Waals surface area contributed by atoms with E-state index in [0.29, 0.717) is 5.41 Å². The van der Waals surface area contributed by atoms with Gasteiger partial charge in [0, 0.05) is 18.1 Å². The highest BCUT2D eigenvalue weighted by molar-refractivity contribution is 5.92. The zero-order valence-corrected chi connectivity index (χ0v) is 11.6. The van der Waals surface area contributed by atoms with Crippen LogP contribution < -0.4 is 10.1 Å². The number of fused-ring (bicyclic) bond motifs is 1. The molecule has 3 heteroatoms. The molecule has 3 rings (SSSR count). The van der Waals surface area contributed by atoms with E-state index in [-0.39, 0.29) is 0 Å². The molecule has 1 fully saturated rings. The molecule has 0 unspecified atom stereocenters. The number of pyridine rings is 1. The zero-order chi connectivity index (χ0) is 13.3. The van der Waals surface area contributed by atoms with Crippen LogP contribution in [0.15, 0.2) is 30.5 Å². The Morgan fingerprint density at radius 1 is 1.32 bits per heavy atom. The van der Waals surface area contributed by atoms with Gasteiger partial charge in [-0.25, -0.2) is 4.98 Å². The van der Waals surface area contributed by atoms with E-state index in [1.54, 1.807) is 7.11 Å². The van der Waals surface area contributed by atoms with Crippen molar-refractivity contribution in [2.45, 2.75) is 26.2 Å². The van der Waals surface area contributed by atoms with E-state index in [2.05, 4.69) is 23.3 Å². The van der Waals surface area contributed by atoms with Crippen molar-refractivity contribution >= 4 is 16.6 Å². The van der Waals surface area contributed by atoms with E-state index < -0.39 is 0 Å². The number of aromatic nitrogens is 1. The van der Waals surface area contributed by atoms with Crippen molar-refractivity contribution in [3.05, 3.63) is 30.5 Å². The van der Waals surface area contributed by atoms with Crippen LogP contribution in [-0.4, -0.2) is 18.6 Å². The molecule has 0 aliphatic heterocycles. The Labute approximate surface area is 114 Å². The molecule has 1 N–H and O–H groups in total. The number of ether oxygens (including phenoxy) is 1. The molecule has 3 nitrogen and oxygen atoms in total. The van der Waals surface area contributed by atoms with Gasteiger partial charge in [0.1, 0.15) is 11.6 Å². The van der Waals surface area contributed by atoms with Gasteiger partial charge in [-0.1, -0.05) is 13.3 Å². The van der Waals surface area contributed by atoms with Gasteiger partial charge >= 0.3 is 0 Å². The van der Waals surface area contributed by atoms with E-state index in [1.807, 2.05) is 24.4 Å². The lowest BCUT2D eigenvalue weighted by molar-refractivity contribution is 0.180. The number of methoxy groups -OCH3 is 1. The summed E-state index contributed by atoms with van der Waals surface area (Å²) in [5.41, 5.74) is 0.455. The fourth-order valence-corrected chi connectivity index (χ4v) is 2.68. The Hall–Kier alpha value is -1.77. The van der Waals surface area contributed by atoms with E-state index in [9.17, 15) is 0 Å². The molecule has 1 saturated carbocycles. The van der Waals surface area contributed by atoms with Crippen LogP contribution in [-0.2, 0) is 0 Å². The Bertz CT molecular complexity index is 590. The summed E-state index contributed by atoms with van der Waals surface area (Å²) in [6.07, 6.45) is 5.85. The predicted molar refractivity (Wildman–Crippen MR) is 78.7 cm³/mol. The topological polar surface area (TPSA) is 34.1 Å². The van der Waals surface area contributed by atoms with Crippen LogP contribution in [0.2, 0.25) is 0 Å². The van der Waals surface area contributed by atoms with E-state index in [4.69, 9.17) is 4.74 Å². The first-order valence-corrected chi connectivity index (χ1v) is 6.87. The minimum Gasteiger partial charge on any atom is -0.497 e. The molecule has 0 radical (unpaired) electrons. The van der Waals surface area contributed by atoms with Crippen molar-refractivity contribution in [2.24, 2.45) is 5.41 Å². The van der Waals surface area contributed by atoms with Gasteiger partial charge in [-0.3, -0.25) is 0 Å². The number of benzene rings is 1. The van der Waals surface area contributed by atoms with Gasteiger partial charge in [-0.2, -0.15) is 0 Å². The summed E-state index contributed by atoms with van der Waals surface area (Å²) >= 11 is 0. The van der Waals surface area contributed by atoms with E-state index in [0.717, 1.165) is 28.9 Å². The lowest BCUT2D eigenvalue weighted by Crippen LogP contribution is -2.33. The fraction of sp³-hybridized carbons (Fsp3) is 0.438. The lowest BCUT2D eigenvalue weighted by Gasteiger charge is -2.38. The summed E-state index contributed by atoms with van der Waals surface area (Å²) < 4.78 is 5.26. The maximum absolute atomic E-state index is 5.26. The SMILES string of the molecule is COc1ccc2c(NCC3(C)CCC3)nccc2c1. The highest BCUT2D eigenvalue weighted by atomic mass is 16.5. The molecule has 0 atom stereocenters. The van der Waals surface area contributed by atoms with Gasteiger partial charge in [-0.05, 0) is 47.9 Å². The third-order valence-electron chi connectivity index (χ3n) is 4.21. The van der Waals surface area contributed by atoms with Crippen molar-refractivity contribution < 1.29 is 4.74 Å².